The summed E-state index contributed by atoms with van der Waals surface area (Å²) in [7, 11) is 0. The molecule has 18 heavy (non-hydrogen) atoms. The highest BCUT2D eigenvalue weighted by Crippen LogP contribution is 2.60. The largest absolute Gasteiger partial charge is 0.291 e. The summed E-state index contributed by atoms with van der Waals surface area (Å²) in [6.07, 6.45) is 9.63. The summed E-state index contributed by atoms with van der Waals surface area (Å²) < 4.78 is 0. The normalized spacial score (nSPS) is 50.9. The van der Waals surface area contributed by atoms with Crippen LogP contribution in [0.5, 0.6) is 0 Å². The van der Waals surface area contributed by atoms with E-state index < -0.39 is 0 Å². The topological polar surface area (TPSA) is 34.1 Å². The molecule has 0 heterocycles. The van der Waals surface area contributed by atoms with Crippen molar-refractivity contribution in [3.8, 4) is 0 Å². The van der Waals surface area contributed by atoms with E-state index in [9.17, 15) is 9.59 Å². The van der Waals surface area contributed by atoms with E-state index in [0.29, 0.717) is 12.3 Å². The van der Waals surface area contributed by atoms with E-state index >= 15 is 0 Å². The van der Waals surface area contributed by atoms with Crippen LogP contribution in [0.25, 0.3) is 0 Å². The molecule has 4 saturated carbocycles. The van der Waals surface area contributed by atoms with Crippen LogP contribution >= 0.6 is 0 Å². The Bertz CT molecular complexity index is 400. The highest BCUT2D eigenvalue weighted by molar-refractivity contribution is 6.38. The molecule has 4 fully saturated rings. The Labute approximate surface area is 109 Å². The molecule has 0 aliphatic heterocycles. The van der Waals surface area contributed by atoms with E-state index in [1.54, 1.807) is 0 Å². The van der Waals surface area contributed by atoms with E-state index in [0.717, 1.165) is 36.5 Å². The van der Waals surface area contributed by atoms with Gasteiger partial charge >= 0.3 is 0 Å². The van der Waals surface area contributed by atoms with Crippen LogP contribution in [0, 0.1) is 35.5 Å². The van der Waals surface area contributed by atoms with E-state index in [-0.39, 0.29) is 17.5 Å². The van der Waals surface area contributed by atoms with Crippen molar-refractivity contribution in [2.45, 2.75) is 51.4 Å². The minimum atomic E-state index is -0.0728. The van der Waals surface area contributed by atoms with E-state index in [2.05, 4.69) is 0 Å². The molecule has 2 nitrogen and oxygen atoms in total. The number of rotatable bonds is 0. The second-order valence-corrected chi connectivity index (χ2v) is 7.10. The van der Waals surface area contributed by atoms with Crippen LogP contribution in [0.4, 0.5) is 0 Å². The SMILES string of the molecule is O=C1CCC2C(CC3C4CCCCC4CC23)C1=O. The molecule has 0 N–H and O–H groups in total. The first-order valence-corrected chi connectivity index (χ1v) is 7.82. The van der Waals surface area contributed by atoms with Gasteiger partial charge in [-0.2, -0.15) is 0 Å². The Morgan fingerprint density at radius 3 is 2.44 bits per heavy atom. The second-order valence-electron chi connectivity index (χ2n) is 7.10. The van der Waals surface area contributed by atoms with Gasteiger partial charge in [-0.05, 0) is 55.3 Å². The van der Waals surface area contributed by atoms with Crippen molar-refractivity contribution in [1.82, 2.24) is 0 Å². The van der Waals surface area contributed by atoms with Gasteiger partial charge in [0.05, 0.1) is 0 Å². The average Bonchev–Trinajstić information content (AvgIpc) is 2.90. The van der Waals surface area contributed by atoms with Crippen LogP contribution < -0.4 is 0 Å². The van der Waals surface area contributed by atoms with Gasteiger partial charge in [-0.3, -0.25) is 9.59 Å². The molecule has 0 spiro atoms. The molecule has 0 bridgehead atoms. The Morgan fingerprint density at radius 2 is 1.56 bits per heavy atom. The molecule has 98 valence electrons. The predicted molar refractivity (Wildman–Crippen MR) is 67.9 cm³/mol. The standard InChI is InChI=1S/C16H22O2/c17-15-6-5-11-12-7-9-3-1-2-4-10(9)13(12)8-14(11)16(15)18/h9-14H,1-8H2. The van der Waals surface area contributed by atoms with Gasteiger partial charge in [-0.15, -0.1) is 0 Å². The van der Waals surface area contributed by atoms with Gasteiger partial charge in [-0.25, -0.2) is 0 Å². The lowest BCUT2D eigenvalue weighted by Crippen LogP contribution is -2.34. The lowest BCUT2D eigenvalue weighted by molar-refractivity contribution is -0.142. The maximum Gasteiger partial charge on any atom is 0.201 e. The van der Waals surface area contributed by atoms with Crippen molar-refractivity contribution in [2.75, 3.05) is 0 Å². The lowest BCUT2D eigenvalue weighted by Gasteiger charge is -2.30. The Hall–Kier alpha value is -0.660. The summed E-state index contributed by atoms with van der Waals surface area (Å²) in [6.45, 7) is 0. The molecular weight excluding hydrogens is 224 g/mol. The van der Waals surface area contributed by atoms with Crippen LogP contribution in [0.15, 0.2) is 0 Å². The third kappa shape index (κ3) is 1.41. The summed E-state index contributed by atoms with van der Waals surface area (Å²) in [5, 5.41) is 0. The maximum absolute atomic E-state index is 12.0. The van der Waals surface area contributed by atoms with Crippen molar-refractivity contribution in [1.29, 1.82) is 0 Å². The molecule has 0 radical (unpaired) electrons. The number of carbonyl (C=O) groups excluding carboxylic acids is 2. The molecule has 4 aliphatic carbocycles. The quantitative estimate of drug-likeness (QED) is 0.616. The van der Waals surface area contributed by atoms with Gasteiger partial charge in [-0.1, -0.05) is 19.3 Å². The zero-order chi connectivity index (χ0) is 12.3. The fourth-order valence-electron chi connectivity index (χ4n) is 5.89. The zero-order valence-electron chi connectivity index (χ0n) is 10.9. The van der Waals surface area contributed by atoms with Crippen molar-refractivity contribution in [3.05, 3.63) is 0 Å². The lowest BCUT2D eigenvalue weighted by atomic mass is 9.74. The van der Waals surface area contributed by atoms with Gasteiger partial charge in [0.2, 0.25) is 5.78 Å². The molecule has 4 rings (SSSR count). The van der Waals surface area contributed by atoms with Gasteiger partial charge in [0.1, 0.15) is 0 Å². The van der Waals surface area contributed by atoms with Gasteiger partial charge in [0.25, 0.3) is 0 Å². The molecule has 0 aromatic heterocycles. The summed E-state index contributed by atoms with van der Waals surface area (Å²) in [5.41, 5.74) is 0. The molecule has 2 heteroatoms. The number of carbonyl (C=O) groups is 2. The smallest absolute Gasteiger partial charge is 0.201 e. The first kappa shape index (κ1) is 11.2. The zero-order valence-corrected chi connectivity index (χ0v) is 10.9. The monoisotopic (exact) mass is 246 g/mol. The van der Waals surface area contributed by atoms with Crippen LogP contribution in [0.1, 0.15) is 51.4 Å². The molecule has 0 aromatic carbocycles. The second kappa shape index (κ2) is 3.91. The highest BCUT2D eigenvalue weighted by atomic mass is 16.2. The Kier molecular flexibility index (Phi) is 2.43. The summed E-state index contributed by atoms with van der Waals surface area (Å²) in [5.74, 6) is 4.07. The maximum atomic E-state index is 12.0. The first-order chi connectivity index (χ1) is 8.75. The highest BCUT2D eigenvalue weighted by Gasteiger charge is 2.56. The van der Waals surface area contributed by atoms with E-state index in [4.69, 9.17) is 0 Å². The molecule has 6 atom stereocenters. The fraction of sp³-hybridized carbons (Fsp3) is 0.875. The van der Waals surface area contributed by atoms with Crippen molar-refractivity contribution >= 4 is 11.6 Å². The minimum absolute atomic E-state index is 0.00647. The molecule has 0 aromatic rings. The Balaban J connectivity index is 1.60. The van der Waals surface area contributed by atoms with Crippen LogP contribution in [0.2, 0.25) is 0 Å². The molecular formula is C16H22O2. The summed E-state index contributed by atoms with van der Waals surface area (Å²) in [6, 6.07) is 0. The number of hydrogen-bond acceptors (Lipinski definition) is 2. The van der Waals surface area contributed by atoms with Crippen molar-refractivity contribution in [2.24, 2.45) is 35.5 Å². The first-order valence-electron chi connectivity index (χ1n) is 7.82. The molecule has 4 aliphatic rings. The van der Waals surface area contributed by atoms with Gasteiger partial charge < -0.3 is 0 Å². The Morgan fingerprint density at radius 1 is 0.778 bits per heavy atom. The van der Waals surface area contributed by atoms with E-state index in [1.807, 2.05) is 0 Å². The molecule has 0 saturated heterocycles. The molecule has 0 amide bonds. The van der Waals surface area contributed by atoms with E-state index in [1.165, 1.54) is 32.1 Å². The number of hydrogen-bond donors (Lipinski definition) is 0. The minimum Gasteiger partial charge on any atom is -0.291 e. The van der Waals surface area contributed by atoms with Crippen molar-refractivity contribution < 1.29 is 9.59 Å². The summed E-state index contributed by atoms with van der Waals surface area (Å²) in [4.78, 5) is 23.6. The third-order valence-electron chi connectivity index (χ3n) is 6.55. The van der Waals surface area contributed by atoms with Crippen LogP contribution in [-0.2, 0) is 9.59 Å². The van der Waals surface area contributed by atoms with Gasteiger partial charge in [0.15, 0.2) is 5.78 Å². The average molecular weight is 246 g/mol. The van der Waals surface area contributed by atoms with Crippen molar-refractivity contribution in [3.63, 3.8) is 0 Å². The third-order valence-corrected chi connectivity index (χ3v) is 6.55. The number of Topliss-reactive ketones (excluding diaryl/α,β-unsaturated/α-hetero) is 2. The van der Waals surface area contributed by atoms with Crippen LogP contribution in [0.3, 0.4) is 0 Å². The van der Waals surface area contributed by atoms with Crippen LogP contribution in [-0.4, -0.2) is 11.6 Å². The van der Waals surface area contributed by atoms with Gasteiger partial charge in [0, 0.05) is 12.3 Å². The summed E-state index contributed by atoms with van der Waals surface area (Å²) >= 11 is 0. The fourth-order valence-corrected chi connectivity index (χ4v) is 5.89. The molecule has 6 unspecified atom stereocenters. The number of fused-ring (bicyclic) bond motifs is 5. The predicted octanol–water partition coefficient (Wildman–Crippen LogP) is 3.00. The number of ketones is 2.